The van der Waals surface area contributed by atoms with Crippen LogP contribution in [-0.2, 0) is 22.7 Å². The van der Waals surface area contributed by atoms with Crippen LogP contribution in [-0.4, -0.2) is 74.7 Å². The van der Waals surface area contributed by atoms with E-state index < -0.39 is 23.5 Å². The van der Waals surface area contributed by atoms with E-state index in [4.69, 9.17) is 4.74 Å². The molecule has 0 spiro atoms. The third kappa shape index (κ3) is 6.16. The number of anilines is 1. The topological polar surface area (TPSA) is 147 Å². The van der Waals surface area contributed by atoms with Gasteiger partial charge in [-0.15, -0.1) is 0 Å². The van der Waals surface area contributed by atoms with Gasteiger partial charge in [-0.05, 0) is 18.4 Å². The van der Waals surface area contributed by atoms with Crippen LogP contribution in [0.1, 0.15) is 36.7 Å². The van der Waals surface area contributed by atoms with Crippen LogP contribution in [0.4, 0.5) is 10.7 Å². The largest absolute Gasteiger partial charge is 0.477 e. The quantitative estimate of drug-likeness (QED) is 0.442. The Morgan fingerprint density at radius 2 is 1.79 bits per heavy atom. The van der Waals surface area contributed by atoms with Gasteiger partial charge in [0.05, 0.1) is 5.39 Å². The zero-order valence-electron chi connectivity index (χ0n) is 22.2. The lowest BCUT2D eigenvalue weighted by atomic mass is 10.0. The Morgan fingerprint density at radius 1 is 1.10 bits per heavy atom. The summed E-state index contributed by atoms with van der Waals surface area (Å²) in [5, 5.41) is 12.2. The Balaban J connectivity index is 1.41. The molecule has 4 rings (SSSR count). The summed E-state index contributed by atoms with van der Waals surface area (Å²) in [6.45, 7) is 7.77. The predicted octanol–water partition coefficient (Wildman–Crippen LogP) is 2.11. The van der Waals surface area contributed by atoms with Crippen LogP contribution in [0.2, 0.25) is 0 Å². The molecule has 1 aromatic carbocycles. The molecule has 39 heavy (non-hydrogen) atoms. The molecule has 3 aromatic rings. The molecule has 206 valence electrons. The molecule has 1 saturated heterocycles. The molecule has 0 aliphatic carbocycles. The Bertz CT molecular complexity index is 1420. The van der Waals surface area contributed by atoms with Crippen LogP contribution < -0.4 is 15.6 Å². The maximum atomic E-state index is 13.3. The molecule has 0 bridgehead atoms. The number of pyridine rings is 1. The van der Waals surface area contributed by atoms with Crippen molar-refractivity contribution in [1.82, 2.24) is 24.8 Å². The van der Waals surface area contributed by atoms with Crippen LogP contribution in [0.15, 0.2) is 47.5 Å². The van der Waals surface area contributed by atoms with Gasteiger partial charge in [-0.2, -0.15) is 4.98 Å². The highest BCUT2D eigenvalue weighted by atomic mass is 16.5. The Hall–Kier alpha value is -4.48. The van der Waals surface area contributed by atoms with Crippen LogP contribution >= 0.6 is 0 Å². The van der Waals surface area contributed by atoms with E-state index in [2.05, 4.69) is 15.3 Å². The van der Waals surface area contributed by atoms with E-state index in [1.54, 1.807) is 9.47 Å². The van der Waals surface area contributed by atoms with Gasteiger partial charge in [-0.3, -0.25) is 9.59 Å². The van der Waals surface area contributed by atoms with Gasteiger partial charge in [0, 0.05) is 45.1 Å². The van der Waals surface area contributed by atoms with Gasteiger partial charge in [-0.1, -0.05) is 44.2 Å². The van der Waals surface area contributed by atoms with E-state index in [0.717, 1.165) is 5.56 Å². The van der Waals surface area contributed by atoms with Crippen LogP contribution in [0.3, 0.4) is 0 Å². The zero-order valence-corrected chi connectivity index (χ0v) is 22.2. The summed E-state index contributed by atoms with van der Waals surface area (Å²) < 4.78 is 6.91. The molecule has 0 saturated carbocycles. The average Bonchev–Trinajstić information content (AvgIpc) is 2.94. The number of carboxylic acid groups (broad SMARTS) is 1. The van der Waals surface area contributed by atoms with Crippen molar-refractivity contribution < 1.29 is 24.2 Å². The second-order valence-electron chi connectivity index (χ2n) is 9.61. The Morgan fingerprint density at radius 3 is 2.41 bits per heavy atom. The lowest BCUT2D eigenvalue weighted by molar-refractivity contribution is -0.134. The molecular weight excluding hydrogens is 504 g/mol. The van der Waals surface area contributed by atoms with Gasteiger partial charge in [-0.25, -0.2) is 14.6 Å². The number of nitrogens with zero attached hydrogens (tertiary/aromatic N) is 5. The number of alkyl carbamates (subject to hydrolysis) is 1. The van der Waals surface area contributed by atoms with Crippen molar-refractivity contribution in [2.45, 2.75) is 40.0 Å². The standard InChI is InChI=1S/C27H32N6O6/c1-4-31-15-20(25(36)37)22(34)19-14-28-26(30-23(19)31)33-12-10-32(11-13-33)24(35)21(17(2)3)29-27(38)39-16-18-8-6-5-7-9-18/h5-9,14-15,17,21H,4,10-13,16H2,1-3H3,(H,29,38)(H,36,37)/t21-/m0/s1. The lowest BCUT2D eigenvalue weighted by Crippen LogP contribution is -2.56. The highest BCUT2D eigenvalue weighted by molar-refractivity contribution is 5.91. The summed E-state index contributed by atoms with van der Waals surface area (Å²) in [4.78, 5) is 62.2. The number of piperazine rings is 1. The minimum atomic E-state index is -1.30. The van der Waals surface area contributed by atoms with E-state index in [-0.39, 0.29) is 29.4 Å². The van der Waals surface area contributed by atoms with E-state index in [9.17, 15) is 24.3 Å². The summed E-state index contributed by atoms with van der Waals surface area (Å²) in [6, 6.07) is 8.56. The van der Waals surface area contributed by atoms with Gasteiger partial charge in [0.1, 0.15) is 23.9 Å². The molecule has 1 aliphatic heterocycles. The third-order valence-corrected chi connectivity index (χ3v) is 6.67. The highest BCUT2D eigenvalue weighted by Gasteiger charge is 2.32. The van der Waals surface area contributed by atoms with E-state index in [0.29, 0.717) is 44.3 Å². The normalized spacial score (nSPS) is 14.4. The molecule has 2 N–H and O–H groups in total. The predicted molar refractivity (Wildman–Crippen MR) is 144 cm³/mol. The van der Waals surface area contributed by atoms with Crippen molar-refractivity contribution in [1.29, 1.82) is 0 Å². The molecule has 1 fully saturated rings. The van der Waals surface area contributed by atoms with E-state index in [1.807, 2.05) is 56.0 Å². The number of ether oxygens (including phenoxy) is 1. The number of fused-ring (bicyclic) bond motifs is 1. The fraction of sp³-hybridized carbons (Fsp3) is 0.407. The maximum Gasteiger partial charge on any atom is 0.408 e. The summed E-state index contributed by atoms with van der Waals surface area (Å²) in [6.07, 6.45) is 2.00. The molecule has 1 aliphatic rings. The number of carbonyl (C=O) groups is 3. The number of aryl methyl sites for hydroxylation is 1. The minimum absolute atomic E-state index is 0.111. The number of hydrogen-bond donors (Lipinski definition) is 2. The first-order valence-corrected chi connectivity index (χ1v) is 12.8. The monoisotopic (exact) mass is 536 g/mol. The summed E-state index contributed by atoms with van der Waals surface area (Å²) >= 11 is 0. The summed E-state index contributed by atoms with van der Waals surface area (Å²) in [5.41, 5.74) is 0.253. The number of aromatic carboxylic acids is 1. The van der Waals surface area contributed by atoms with E-state index in [1.165, 1.54) is 12.4 Å². The second kappa shape index (κ2) is 11.9. The third-order valence-electron chi connectivity index (χ3n) is 6.67. The summed E-state index contributed by atoms with van der Waals surface area (Å²) in [7, 11) is 0. The average molecular weight is 537 g/mol. The lowest BCUT2D eigenvalue weighted by Gasteiger charge is -2.37. The second-order valence-corrected chi connectivity index (χ2v) is 9.61. The summed E-state index contributed by atoms with van der Waals surface area (Å²) in [5.74, 6) is -1.25. The molecule has 2 amide bonds. The Kier molecular flexibility index (Phi) is 8.43. The number of aromatic nitrogens is 3. The van der Waals surface area contributed by atoms with Crippen LogP contribution in [0.25, 0.3) is 11.0 Å². The van der Waals surface area contributed by atoms with Gasteiger partial charge in [0.15, 0.2) is 0 Å². The molecule has 0 unspecified atom stereocenters. The van der Waals surface area contributed by atoms with Crippen molar-refractivity contribution in [2.75, 3.05) is 31.1 Å². The molecule has 12 heteroatoms. The zero-order chi connectivity index (χ0) is 28.1. The van der Waals surface area contributed by atoms with Crippen molar-refractivity contribution in [3.63, 3.8) is 0 Å². The van der Waals surface area contributed by atoms with Gasteiger partial charge in [0.25, 0.3) is 0 Å². The number of carbonyl (C=O) groups excluding carboxylic acids is 2. The first-order valence-electron chi connectivity index (χ1n) is 12.8. The van der Waals surface area contributed by atoms with Crippen LogP contribution in [0, 0.1) is 5.92 Å². The van der Waals surface area contributed by atoms with Crippen molar-refractivity contribution in [3.8, 4) is 0 Å². The minimum Gasteiger partial charge on any atom is -0.477 e. The molecule has 2 aromatic heterocycles. The molecular formula is C27H32N6O6. The van der Waals surface area contributed by atoms with E-state index >= 15 is 0 Å². The number of rotatable bonds is 8. The molecule has 12 nitrogen and oxygen atoms in total. The van der Waals surface area contributed by atoms with Crippen molar-refractivity contribution in [3.05, 3.63) is 64.1 Å². The fourth-order valence-corrected chi connectivity index (χ4v) is 4.44. The van der Waals surface area contributed by atoms with Gasteiger partial charge in [0.2, 0.25) is 17.3 Å². The van der Waals surface area contributed by atoms with Gasteiger partial charge >= 0.3 is 12.1 Å². The number of amides is 2. The van der Waals surface area contributed by atoms with Crippen molar-refractivity contribution >= 4 is 35.0 Å². The molecule has 3 heterocycles. The smallest absolute Gasteiger partial charge is 0.408 e. The number of benzene rings is 1. The number of nitrogens with one attached hydrogen (secondary N) is 1. The highest BCUT2D eigenvalue weighted by Crippen LogP contribution is 2.17. The maximum absolute atomic E-state index is 13.3. The fourth-order valence-electron chi connectivity index (χ4n) is 4.44. The van der Waals surface area contributed by atoms with Crippen molar-refractivity contribution in [2.24, 2.45) is 5.92 Å². The number of carboxylic acids is 1. The SMILES string of the molecule is CCn1cc(C(=O)O)c(=O)c2cnc(N3CCN(C(=O)[C@@H](NC(=O)OCc4ccccc4)C(C)C)CC3)nc21. The van der Waals surface area contributed by atoms with Crippen LogP contribution in [0.5, 0.6) is 0 Å². The Labute approximate surface area is 225 Å². The number of hydrogen-bond acceptors (Lipinski definition) is 8. The molecule has 0 radical (unpaired) electrons. The molecule has 1 atom stereocenters. The first kappa shape index (κ1) is 27.6. The van der Waals surface area contributed by atoms with Gasteiger partial charge < -0.3 is 29.5 Å². The first-order chi connectivity index (χ1) is 18.7.